The molecule has 20 heavy (non-hydrogen) atoms. The number of aromatic nitrogens is 2. The van der Waals surface area contributed by atoms with Crippen molar-refractivity contribution < 1.29 is 8.42 Å². The van der Waals surface area contributed by atoms with E-state index in [0.717, 1.165) is 0 Å². The zero-order valence-corrected chi connectivity index (χ0v) is 12.5. The lowest BCUT2D eigenvalue weighted by Gasteiger charge is -2.10. The van der Waals surface area contributed by atoms with Crippen LogP contribution in [-0.2, 0) is 10.0 Å². The Morgan fingerprint density at radius 2 is 1.90 bits per heavy atom. The normalized spacial score (nSPS) is 11.3. The fourth-order valence-corrected chi connectivity index (χ4v) is 3.13. The number of rotatable bonds is 3. The van der Waals surface area contributed by atoms with Crippen LogP contribution in [0, 0.1) is 13.8 Å². The van der Waals surface area contributed by atoms with Crippen molar-refractivity contribution in [1.29, 1.82) is 0 Å². The molecule has 0 aliphatic heterocycles. The van der Waals surface area contributed by atoms with E-state index in [1.54, 1.807) is 19.9 Å². The summed E-state index contributed by atoms with van der Waals surface area (Å²) in [6.45, 7) is 3.36. The van der Waals surface area contributed by atoms with Gasteiger partial charge in [-0.2, -0.15) is 0 Å². The number of halogens is 1. The third-order valence-corrected chi connectivity index (χ3v) is 4.22. The SMILES string of the molecule is Cc1cc(Cl)nc(NS(=O)(=O)c2ccc(N)cc2C)n1. The van der Waals surface area contributed by atoms with Crippen molar-refractivity contribution >= 4 is 33.3 Å². The van der Waals surface area contributed by atoms with Crippen LogP contribution < -0.4 is 10.5 Å². The molecule has 2 aromatic rings. The van der Waals surface area contributed by atoms with Crippen molar-refractivity contribution in [3.63, 3.8) is 0 Å². The van der Waals surface area contributed by atoms with Gasteiger partial charge in [0.1, 0.15) is 5.15 Å². The lowest BCUT2D eigenvalue weighted by atomic mass is 10.2. The first-order valence-electron chi connectivity index (χ1n) is 5.68. The van der Waals surface area contributed by atoms with Gasteiger partial charge in [0.15, 0.2) is 0 Å². The van der Waals surface area contributed by atoms with Crippen LogP contribution in [0.2, 0.25) is 5.15 Å². The molecule has 3 N–H and O–H groups in total. The van der Waals surface area contributed by atoms with Gasteiger partial charge in [-0.1, -0.05) is 11.6 Å². The Hall–Kier alpha value is -1.86. The summed E-state index contributed by atoms with van der Waals surface area (Å²) in [5.41, 5.74) is 7.21. The molecule has 0 radical (unpaired) electrons. The number of nitrogens with zero attached hydrogens (tertiary/aromatic N) is 2. The van der Waals surface area contributed by atoms with E-state index in [1.165, 1.54) is 18.2 Å². The van der Waals surface area contributed by atoms with Gasteiger partial charge in [0, 0.05) is 11.4 Å². The minimum Gasteiger partial charge on any atom is -0.399 e. The first kappa shape index (κ1) is 14.5. The van der Waals surface area contributed by atoms with Crippen LogP contribution in [0.15, 0.2) is 29.2 Å². The minimum atomic E-state index is -3.78. The van der Waals surface area contributed by atoms with E-state index in [4.69, 9.17) is 17.3 Å². The van der Waals surface area contributed by atoms with Crippen LogP contribution in [0.4, 0.5) is 11.6 Å². The molecule has 0 fully saturated rings. The number of nitrogens with two attached hydrogens (primary N) is 1. The number of benzene rings is 1. The van der Waals surface area contributed by atoms with Crippen LogP contribution in [-0.4, -0.2) is 18.4 Å². The predicted molar refractivity (Wildman–Crippen MR) is 78.2 cm³/mol. The molecule has 8 heteroatoms. The predicted octanol–water partition coefficient (Wildman–Crippen LogP) is 2.13. The van der Waals surface area contributed by atoms with E-state index in [1.807, 2.05) is 0 Å². The third kappa shape index (κ3) is 3.17. The lowest BCUT2D eigenvalue weighted by Crippen LogP contribution is -2.16. The van der Waals surface area contributed by atoms with Gasteiger partial charge in [0.05, 0.1) is 4.90 Å². The molecule has 1 heterocycles. The standard InChI is InChI=1S/C12H13ClN4O2S/c1-7-5-9(14)3-4-10(7)20(18,19)17-12-15-8(2)6-11(13)16-12/h3-6H,14H2,1-2H3,(H,15,16,17). The molecular weight excluding hydrogens is 300 g/mol. The van der Waals surface area contributed by atoms with E-state index in [2.05, 4.69) is 14.7 Å². The summed E-state index contributed by atoms with van der Waals surface area (Å²) in [6, 6.07) is 6.07. The molecule has 0 aliphatic rings. The van der Waals surface area contributed by atoms with Gasteiger partial charge in [-0.05, 0) is 43.7 Å². The quantitative estimate of drug-likeness (QED) is 0.668. The number of anilines is 2. The molecule has 0 spiro atoms. The van der Waals surface area contributed by atoms with E-state index in [-0.39, 0.29) is 16.0 Å². The molecule has 0 atom stereocenters. The van der Waals surface area contributed by atoms with Crippen molar-refractivity contribution in [2.45, 2.75) is 18.7 Å². The molecule has 6 nitrogen and oxygen atoms in total. The van der Waals surface area contributed by atoms with E-state index in [0.29, 0.717) is 16.9 Å². The molecule has 1 aromatic carbocycles. The third-order valence-electron chi connectivity index (χ3n) is 2.54. The van der Waals surface area contributed by atoms with Gasteiger partial charge in [0.25, 0.3) is 10.0 Å². The molecule has 0 unspecified atom stereocenters. The number of aryl methyl sites for hydroxylation is 2. The second kappa shape index (κ2) is 5.26. The number of hydrogen-bond acceptors (Lipinski definition) is 5. The Kier molecular flexibility index (Phi) is 3.82. The van der Waals surface area contributed by atoms with Crippen LogP contribution in [0.1, 0.15) is 11.3 Å². The monoisotopic (exact) mass is 312 g/mol. The zero-order chi connectivity index (χ0) is 14.9. The van der Waals surface area contributed by atoms with Gasteiger partial charge < -0.3 is 5.73 Å². The minimum absolute atomic E-state index is 0.0637. The highest BCUT2D eigenvalue weighted by Gasteiger charge is 2.18. The van der Waals surface area contributed by atoms with E-state index in [9.17, 15) is 8.42 Å². The molecule has 0 bridgehead atoms. The number of hydrogen-bond donors (Lipinski definition) is 2. The zero-order valence-electron chi connectivity index (χ0n) is 10.9. The summed E-state index contributed by atoms with van der Waals surface area (Å²) < 4.78 is 26.9. The average molecular weight is 313 g/mol. The van der Waals surface area contributed by atoms with Crippen LogP contribution in [0.25, 0.3) is 0 Å². The van der Waals surface area contributed by atoms with Crippen molar-refractivity contribution in [2.24, 2.45) is 0 Å². The highest BCUT2D eigenvalue weighted by molar-refractivity contribution is 7.92. The Morgan fingerprint density at radius 3 is 2.50 bits per heavy atom. The molecular formula is C12H13ClN4O2S. The summed E-state index contributed by atoms with van der Waals surface area (Å²) in [4.78, 5) is 7.93. The van der Waals surface area contributed by atoms with Crippen molar-refractivity contribution in [1.82, 2.24) is 9.97 Å². The van der Waals surface area contributed by atoms with E-state index >= 15 is 0 Å². The maximum atomic E-state index is 12.3. The molecule has 0 saturated carbocycles. The summed E-state index contributed by atoms with van der Waals surface area (Å²) in [7, 11) is -3.78. The van der Waals surface area contributed by atoms with E-state index < -0.39 is 10.0 Å². The Balaban J connectivity index is 2.40. The number of sulfonamides is 1. The summed E-state index contributed by atoms with van der Waals surface area (Å²) in [5.74, 6) is -0.0637. The Labute approximate surface area is 122 Å². The number of nitrogen functional groups attached to an aromatic ring is 1. The first-order chi connectivity index (χ1) is 9.28. The summed E-state index contributed by atoms with van der Waals surface area (Å²) in [5, 5.41) is 0.171. The van der Waals surface area contributed by atoms with Gasteiger partial charge in [-0.3, -0.25) is 0 Å². The molecule has 0 amide bonds. The molecule has 1 aromatic heterocycles. The first-order valence-corrected chi connectivity index (χ1v) is 7.54. The average Bonchev–Trinajstić information content (AvgIpc) is 2.25. The lowest BCUT2D eigenvalue weighted by molar-refractivity contribution is 0.600. The molecule has 2 rings (SSSR count). The smallest absolute Gasteiger partial charge is 0.264 e. The fourth-order valence-electron chi connectivity index (χ4n) is 1.73. The molecule has 0 aliphatic carbocycles. The fraction of sp³-hybridized carbons (Fsp3) is 0.167. The largest absolute Gasteiger partial charge is 0.399 e. The highest BCUT2D eigenvalue weighted by atomic mass is 35.5. The maximum Gasteiger partial charge on any atom is 0.264 e. The van der Waals surface area contributed by atoms with Gasteiger partial charge in [-0.25, -0.2) is 23.1 Å². The summed E-state index contributed by atoms with van der Waals surface area (Å²) in [6.07, 6.45) is 0. The van der Waals surface area contributed by atoms with Crippen molar-refractivity contribution in [3.05, 3.63) is 40.7 Å². The molecule has 106 valence electrons. The number of nitrogens with one attached hydrogen (secondary N) is 1. The van der Waals surface area contributed by atoms with Crippen LogP contribution >= 0.6 is 11.6 Å². The topological polar surface area (TPSA) is 98.0 Å². The van der Waals surface area contributed by atoms with Crippen molar-refractivity contribution in [3.8, 4) is 0 Å². The van der Waals surface area contributed by atoms with Gasteiger partial charge >= 0.3 is 0 Å². The summed E-state index contributed by atoms with van der Waals surface area (Å²) >= 11 is 5.77. The van der Waals surface area contributed by atoms with Crippen LogP contribution in [0.5, 0.6) is 0 Å². The van der Waals surface area contributed by atoms with Gasteiger partial charge in [-0.15, -0.1) is 0 Å². The van der Waals surface area contributed by atoms with Crippen LogP contribution in [0.3, 0.4) is 0 Å². The molecule has 0 saturated heterocycles. The Bertz CT molecular complexity index is 742. The Morgan fingerprint density at radius 1 is 1.20 bits per heavy atom. The second-order valence-electron chi connectivity index (χ2n) is 4.29. The second-order valence-corrected chi connectivity index (χ2v) is 6.32. The van der Waals surface area contributed by atoms with Crippen molar-refractivity contribution in [2.75, 3.05) is 10.5 Å². The maximum absolute atomic E-state index is 12.3. The highest BCUT2D eigenvalue weighted by Crippen LogP contribution is 2.20. The van der Waals surface area contributed by atoms with Gasteiger partial charge in [0.2, 0.25) is 5.95 Å².